The molecular formula is C12H26N2O. The Morgan fingerprint density at radius 2 is 1.93 bits per heavy atom. The minimum Gasteiger partial charge on any atom is -0.373 e. The maximum atomic E-state index is 5.71. The molecule has 3 heteroatoms. The zero-order valence-corrected chi connectivity index (χ0v) is 10.4. The summed E-state index contributed by atoms with van der Waals surface area (Å²) in [5.41, 5.74) is 5.71. The van der Waals surface area contributed by atoms with E-state index in [9.17, 15) is 0 Å². The molecular weight excluding hydrogens is 188 g/mol. The minimum atomic E-state index is 0.381. The molecule has 0 spiro atoms. The van der Waals surface area contributed by atoms with Gasteiger partial charge in [0.2, 0.25) is 0 Å². The first kappa shape index (κ1) is 12.9. The first-order chi connectivity index (χ1) is 7.15. The first-order valence-corrected chi connectivity index (χ1v) is 6.23. The standard InChI is InChI=1S/C12H26N2O/c1-4-12(7-13)5-6-14-8-10(2)15-11(3)9-14/h10-12H,4-9,13H2,1-3H3/t10-,11+,12?. The van der Waals surface area contributed by atoms with Crippen molar-refractivity contribution >= 4 is 0 Å². The van der Waals surface area contributed by atoms with E-state index in [1.807, 2.05) is 0 Å². The Balaban J connectivity index is 2.25. The summed E-state index contributed by atoms with van der Waals surface area (Å²) in [7, 11) is 0. The number of rotatable bonds is 5. The van der Waals surface area contributed by atoms with Crippen LogP contribution >= 0.6 is 0 Å². The molecule has 1 rings (SSSR count). The van der Waals surface area contributed by atoms with Gasteiger partial charge in [-0.2, -0.15) is 0 Å². The fraction of sp³-hybridized carbons (Fsp3) is 1.00. The van der Waals surface area contributed by atoms with E-state index in [4.69, 9.17) is 10.5 Å². The van der Waals surface area contributed by atoms with Crippen molar-refractivity contribution in [2.24, 2.45) is 11.7 Å². The Labute approximate surface area is 94.0 Å². The van der Waals surface area contributed by atoms with Gasteiger partial charge in [0.05, 0.1) is 12.2 Å². The van der Waals surface area contributed by atoms with Gasteiger partial charge >= 0.3 is 0 Å². The Morgan fingerprint density at radius 1 is 1.33 bits per heavy atom. The lowest BCUT2D eigenvalue weighted by atomic mass is 10.0. The smallest absolute Gasteiger partial charge is 0.0678 e. The normalized spacial score (nSPS) is 30.4. The highest BCUT2D eigenvalue weighted by atomic mass is 16.5. The Hall–Kier alpha value is -0.120. The molecule has 90 valence electrons. The molecule has 3 atom stereocenters. The molecule has 1 aliphatic heterocycles. The van der Waals surface area contributed by atoms with Crippen molar-refractivity contribution in [3.8, 4) is 0 Å². The van der Waals surface area contributed by atoms with Crippen LogP contribution in [0, 0.1) is 5.92 Å². The van der Waals surface area contributed by atoms with Gasteiger partial charge in [0.15, 0.2) is 0 Å². The molecule has 1 unspecified atom stereocenters. The van der Waals surface area contributed by atoms with Gasteiger partial charge in [0.25, 0.3) is 0 Å². The predicted octanol–water partition coefficient (Wildman–Crippen LogP) is 1.47. The van der Waals surface area contributed by atoms with Crippen molar-refractivity contribution in [3.05, 3.63) is 0 Å². The topological polar surface area (TPSA) is 38.5 Å². The average Bonchev–Trinajstić information content (AvgIpc) is 2.18. The lowest BCUT2D eigenvalue weighted by molar-refractivity contribution is -0.0689. The maximum Gasteiger partial charge on any atom is 0.0678 e. The second-order valence-electron chi connectivity index (χ2n) is 4.82. The van der Waals surface area contributed by atoms with Gasteiger partial charge in [0, 0.05) is 13.1 Å². The number of hydrogen-bond donors (Lipinski definition) is 1. The molecule has 1 fully saturated rings. The highest BCUT2D eigenvalue weighted by molar-refractivity contribution is 4.74. The molecule has 3 nitrogen and oxygen atoms in total. The van der Waals surface area contributed by atoms with E-state index in [0.717, 1.165) is 19.6 Å². The van der Waals surface area contributed by atoms with Crippen LogP contribution in [-0.2, 0) is 4.74 Å². The molecule has 1 aliphatic rings. The lowest BCUT2D eigenvalue weighted by Gasteiger charge is -2.35. The van der Waals surface area contributed by atoms with Crippen LogP contribution in [0.1, 0.15) is 33.6 Å². The van der Waals surface area contributed by atoms with Crippen LogP contribution in [0.15, 0.2) is 0 Å². The molecule has 0 saturated carbocycles. The van der Waals surface area contributed by atoms with Crippen LogP contribution < -0.4 is 5.73 Å². The average molecular weight is 214 g/mol. The van der Waals surface area contributed by atoms with E-state index in [-0.39, 0.29) is 0 Å². The second-order valence-corrected chi connectivity index (χ2v) is 4.82. The third-order valence-electron chi connectivity index (χ3n) is 3.26. The van der Waals surface area contributed by atoms with Crippen molar-refractivity contribution in [2.45, 2.75) is 45.8 Å². The summed E-state index contributed by atoms with van der Waals surface area (Å²) in [6.45, 7) is 10.7. The second kappa shape index (κ2) is 6.46. The molecule has 1 heterocycles. The van der Waals surface area contributed by atoms with Gasteiger partial charge in [-0.1, -0.05) is 13.3 Å². The number of nitrogens with zero attached hydrogens (tertiary/aromatic N) is 1. The Morgan fingerprint density at radius 3 is 2.40 bits per heavy atom. The molecule has 0 aromatic rings. The molecule has 15 heavy (non-hydrogen) atoms. The highest BCUT2D eigenvalue weighted by Crippen LogP contribution is 2.13. The summed E-state index contributed by atoms with van der Waals surface area (Å²) in [5, 5.41) is 0. The summed E-state index contributed by atoms with van der Waals surface area (Å²) >= 11 is 0. The summed E-state index contributed by atoms with van der Waals surface area (Å²) in [6, 6.07) is 0. The summed E-state index contributed by atoms with van der Waals surface area (Å²) in [5.74, 6) is 0.693. The van der Waals surface area contributed by atoms with Crippen molar-refractivity contribution in [1.82, 2.24) is 4.90 Å². The number of nitrogens with two attached hydrogens (primary N) is 1. The molecule has 0 bridgehead atoms. The molecule has 0 aromatic heterocycles. The van der Waals surface area contributed by atoms with Crippen molar-refractivity contribution in [2.75, 3.05) is 26.2 Å². The summed E-state index contributed by atoms with van der Waals surface area (Å²) in [6.07, 6.45) is 3.19. The van der Waals surface area contributed by atoms with Crippen LogP contribution in [0.4, 0.5) is 0 Å². The zero-order chi connectivity index (χ0) is 11.3. The van der Waals surface area contributed by atoms with E-state index in [1.54, 1.807) is 0 Å². The maximum absolute atomic E-state index is 5.71. The lowest BCUT2D eigenvalue weighted by Crippen LogP contribution is -2.46. The highest BCUT2D eigenvalue weighted by Gasteiger charge is 2.22. The Kier molecular flexibility index (Phi) is 5.58. The first-order valence-electron chi connectivity index (χ1n) is 6.23. The monoisotopic (exact) mass is 214 g/mol. The Bertz CT molecular complexity index is 161. The summed E-state index contributed by atoms with van der Waals surface area (Å²) in [4.78, 5) is 2.51. The molecule has 0 radical (unpaired) electrons. The van der Waals surface area contributed by atoms with Gasteiger partial charge < -0.3 is 10.5 Å². The molecule has 2 N–H and O–H groups in total. The van der Waals surface area contributed by atoms with E-state index in [1.165, 1.54) is 19.4 Å². The van der Waals surface area contributed by atoms with Crippen LogP contribution in [-0.4, -0.2) is 43.3 Å². The molecule has 0 aromatic carbocycles. The van der Waals surface area contributed by atoms with Crippen LogP contribution in [0.3, 0.4) is 0 Å². The van der Waals surface area contributed by atoms with Gasteiger partial charge in [-0.15, -0.1) is 0 Å². The number of ether oxygens (including phenoxy) is 1. The molecule has 0 aliphatic carbocycles. The minimum absolute atomic E-state index is 0.381. The van der Waals surface area contributed by atoms with Crippen LogP contribution in [0.5, 0.6) is 0 Å². The zero-order valence-electron chi connectivity index (χ0n) is 10.4. The van der Waals surface area contributed by atoms with E-state index in [2.05, 4.69) is 25.7 Å². The van der Waals surface area contributed by atoms with E-state index < -0.39 is 0 Å². The summed E-state index contributed by atoms with van der Waals surface area (Å²) < 4.78 is 5.71. The van der Waals surface area contributed by atoms with Crippen molar-refractivity contribution in [1.29, 1.82) is 0 Å². The largest absolute Gasteiger partial charge is 0.373 e. The van der Waals surface area contributed by atoms with Crippen LogP contribution in [0.2, 0.25) is 0 Å². The number of morpholine rings is 1. The van der Waals surface area contributed by atoms with E-state index >= 15 is 0 Å². The van der Waals surface area contributed by atoms with Crippen molar-refractivity contribution in [3.63, 3.8) is 0 Å². The van der Waals surface area contributed by atoms with Crippen molar-refractivity contribution < 1.29 is 4.74 Å². The van der Waals surface area contributed by atoms with Crippen LogP contribution in [0.25, 0.3) is 0 Å². The van der Waals surface area contributed by atoms with Gasteiger partial charge in [0.1, 0.15) is 0 Å². The predicted molar refractivity (Wildman–Crippen MR) is 63.9 cm³/mol. The number of hydrogen-bond acceptors (Lipinski definition) is 3. The molecule has 0 amide bonds. The van der Waals surface area contributed by atoms with E-state index in [0.29, 0.717) is 18.1 Å². The van der Waals surface area contributed by atoms with Gasteiger partial charge in [-0.25, -0.2) is 0 Å². The third kappa shape index (κ3) is 4.49. The quantitative estimate of drug-likeness (QED) is 0.753. The fourth-order valence-corrected chi connectivity index (χ4v) is 2.32. The SMILES string of the molecule is CCC(CN)CCN1C[C@@H](C)O[C@@H](C)C1. The van der Waals surface area contributed by atoms with Gasteiger partial charge in [-0.3, -0.25) is 4.90 Å². The van der Waals surface area contributed by atoms with Gasteiger partial charge in [-0.05, 0) is 39.3 Å². The fourth-order valence-electron chi connectivity index (χ4n) is 2.32. The molecule has 1 saturated heterocycles. The third-order valence-corrected chi connectivity index (χ3v) is 3.26.